The van der Waals surface area contributed by atoms with Gasteiger partial charge in [-0.3, -0.25) is 4.79 Å². The highest BCUT2D eigenvalue weighted by Gasteiger charge is 2.19. The summed E-state index contributed by atoms with van der Waals surface area (Å²) in [6, 6.07) is 5.72. The van der Waals surface area contributed by atoms with Crippen molar-refractivity contribution in [2.75, 3.05) is 6.61 Å². The maximum atomic E-state index is 12.8. The monoisotopic (exact) mass is 296 g/mol. The fraction of sp³-hybridized carbons (Fsp3) is 0.308. The molecule has 0 saturated heterocycles. The summed E-state index contributed by atoms with van der Waals surface area (Å²) in [7, 11) is 0. The van der Waals surface area contributed by atoms with Crippen LogP contribution in [0.1, 0.15) is 13.8 Å². The average molecular weight is 296 g/mol. The van der Waals surface area contributed by atoms with Crippen molar-refractivity contribution in [3.05, 3.63) is 30.1 Å². The summed E-state index contributed by atoms with van der Waals surface area (Å²) < 4.78 is 23.1. The Balaban J connectivity index is 2.05. The first kappa shape index (κ1) is 14.5. The maximum absolute atomic E-state index is 12.8. The minimum absolute atomic E-state index is 0.268. The molecule has 0 amide bonds. The Bertz CT molecular complexity index is 586. The SMILES string of the molecule is CCOC(=O)C(C)Sc1nnc(-c2ccc(F)cc2)o1. The van der Waals surface area contributed by atoms with Gasteiger partial charge in [0.25, 0.3) is 5.22 Å². The number of nitrogens with zero attached hydrogens (tertiary/aromatic N) is 2. The van der Waals surface area contributed by atoms with Crippen molar-refractivity contribution in [2.45, 2.75) is 24.3 Å². The lowest BCUT2D eigenvalue weighted by molar-refractivity contribution is -0.142. The van der Waals surface area contributed by atoms with Crippen LogP contribution in [-0.4, -0.2) is 28.0 Å². The van der Waals surface area contributed by atoms with Gasteiger partial charge in [-0.2, -0.15) is 0 Å². The number of hydrogen-bond donors (Lipinski definition) is 0. The highest BCUT2D eigenvalue weighted by atomic mass is 32.2. The van der Waals surface area contributed by atoms with E-state index in [9.17, 15) is 9.18 Å². The number of benzene rings is 1. The summed E-state index contributed by atoms with van der Waals surface area (Å²) in [6.45, 7) is 3.77. The zero-order valence-electron chi connectivity index (χ0n) is 11.0. The molecule has 0 radical (unpaired) electrons. The van der Waals surface area contributed by atoms with E-state index in [0.29, 0.717) is 12.2 Å². The lowest BCUT2D eigenvalue weighted by Gasteiger charge is -2.06. The van der Waals surface area contributed by atoms with Crippen molar-refractivity contribution < 1.29 is 18.3 Å². The highest BCUT2D eigenvalue weighted by molar-refractivity contribution is 8.00. The fourth-order valence-corrected chi connectivity index (χ4v) is 2.11. The van der Waals surface area contributed by atoms with Gasteiger partial charge < -0.3 is 9.15 Å². The fourth-order valence-electron chi connectivity index (χ4n) is 1.43. The lowest BCUT2D eigenvalue weighted by Crippen LogP contribution is -2.16. The molecule has 1 aromatic carbocycles. The number of thioether (sulfide) groups is 1. The molecule has 5 nitrogen and oxygen atoms in total. The molecule has 0 aliphatic carbocycles. The van der Waals surface area contributed by atoms with Gasteiger partial charge in [-0.05, 0) is 38.1 Å². The van der Waals surface area contributed by atoms with Crippen LogP contribution in [0.25, 0.3) is 11.5 Å². The van der Waals surface area contributed by atoms with Gasteiger partial charge in [0.1, 0.15) is 11.1 Å². The van der Waals surface area contributed by atoms with Crippen molar-refractivity contribution in [2.24, 2.45) is 0 Å². The van der Waals surface area contributed by atoms with E-state index in [1.54, 1.807) is 26.0 Å². The lowest BCUT2D eigenvalue weighted by atomic mass is 10.2. The van der Waals surface area contributed by atoms with Gasteiger partial charge in [0.2, 0.25) is 5.89 Å². The largest absolute Gasteiger partial charge is 0.465 e. The number of aromatic nitrogens is 2. The first-order chi connectivity index (χ1) is 9.60. The molecule has 0 aliphatic rings. The predicted molar refractivity (Wildman–Crippen MR) is 71.6 cm³/mol. The standard InChI is InChI=1S/C13H13FN2O3S/c1-3-18-12(17)8(2)20-13-16-15-11(19-13)9-4-6-10(14)7-5-9/h4-8H,3H2,1-2H3. The third-order valence-electron chi connectivity index (χ3n) is 2.39. The quantitative estimate of drug-likeness (QED) is 0.624. The number of halogens is 1. The molecule has 1 aromatic heterocycles. The molecule has 0 N–H and O–H groups in total. The van der Waals surface area contributed by atoms with Crippen molar-refractivity contribution in [3.63, 3.8) is 0 Å². The molecular formula is C13H13FN2O3S. The van der Waals surface area contributed by atoms with Crippen LogP contribution in [0, 0.1) is 5.82 Å². The third kappa shape index (κ3) is 3.57. The van der Waals surface area contributed by atoms with Crippen molar-refractivity contribution in [3.8, 4) is 11.5 Å². The van der Waals surface area contributed by atoms with E-state index >= 15 is 0 Å². The van der Waals surface area contributed by atoms with E-state index in [1.807, 2.05) is 0 Å². The van der Waals surface area contributed by atoms with Gasteiger partial charge >= 0.3 is 5.97 Å². The maximum Gasteiger partial charge on any atom is 0.319 e. The van der Waals surface area contributed by atoms with E-state index in [2.05, 4.69) is 10.2 Å². The molecule has 1 heterocycles. The first-order valence-electron chi connectivity index (χ1n) is 6.03. The Hall–Kier alpha value is -1.89. The van der Waals surface area contributed by atoms with Gasteiger partial charge in [-0.25, -0.2) is 4.39 Å². The molecule has 0 saturated carbocycles. The number of esters is 1. The summed E-state index contributed by atoms with van der Waals surface area (Å²) in [5, 5.41) is 7.54. The Morgan fingerprint density at radius 1 is 1.40 bits per heavy atom. The second-order valence-electron chi connectivity index (χ2n) is 3.89. The number of rotatable bonds is 5. The molecule has 2 rings (SSSR count). The summed E-state index contributed by atoms with van der Waals surface area (Å²) in [6.07, 6.45) is 0. The minimum Gasteiger partial charge on any atom is -0.465 e. The molecule has 1 atom stereocenters. The topological polar surface area (TPSA) is 65.2 Å². The van der Waals surface area contributed by atoms with Crippen molar-refractivity contribution in [1.29, 1.82) is 0 Å². The van der Waals surface area contributed by atoms with Gasteiger partial charge in [-0.1, -0.05) is 11.8 Å². The average Bonchev–Trinajstić information content (AvgIpc) is 2.88. The molecule has 0 aliphatic heterocycles. The van der Waals surface area contributed by atoms with Crippen LogP contribution in [0.5, 0.6) is 0 Å². The van der Waals surface area contributed by atoms with Crippen LogP contribution in [-0.2, 0) is 9.53 Å². The number of carbonyl (C=O) groups is 1. The number of carbonyl (C=O) groups excluding carboxylic acids is 1. The summed E-state index contributed by atoms with van der Waals surface area (Å²) in [5.41, 5.74) is 0.620. The first-order valence-corrected chi connectivity index (χ1v) is 6.91. The van der Waals surface area contributed by atoms with E-state index in [1.165, 1.54) is 12.1 Å². The zero-order valence-corrected chi connectivity index (χ0v) is 11.8. The second-order valence-corrected chi connectivity index (χ2v) is 5.18. The molecule has 7 heteroatoms. The summed E-state index contributed by atoms with van der Waals surface area (Å²) in [5.74, 6) is -0.388. The molecule has 2 aromatic rings. The number of ether oxygens (including phenoxy) is 1. The van der Waals surface area contributed by atoms with Crippen molar-refractivity contribution >= 4 is 17.7 Å². The van der Waals surface area contributed by atoms with E-state index < -0.39 is 5.25 Å². The van der Waals surface area contributed by atoms with Crippen LogP contribution >= 0.6 is 11.8 Å². The van der Waals surface area contributed by atoms with Gasteiger partial charge in [0.15, 0.2) is 0 Å². The molecule has 1 unspecified atom stereocenters. The molecule has 0 fully saturated rings. The van der Waals surface area contributed by atoms with Gasteiger partial charge in [0.05, 0.1) is 6.61 Å². The molecular weight excluding hydrogens is 283 g/mol. The predicted octanol–water partition coefficient (Wildman–Crippen LogP) is 2.92. The Morgan fingerprint density at radius 3 is 2.75 bits per heavy atom. The van der Waals surface area contributed by atoms with Crippen LogP contribution in [0.4, 0.5) is 4.39 Å². The van der Waals surface area contributed by atoms with E-state index in [4.69, 9.17) is 9.15 Å². The summed E-state index contributed by atoms with van der Waals surface area (Å²) in [4.78, 5) is 11.5. The molecule has 20 heavy (non-hydrogen) atoms. The second kappa shape index (κ2) is 6.51. The summed E-state index contributed by atoms with van der Waals surface area (Å²) >= 11 is 1.12. The number of hydrogen-bond acceptors (Lipinski definition) is 6. The zero-order chi connectivity index (χ0) is 14.5. The Labute approximate surface area is 119 Å². The Morgan fingerprint density at radius 2 is 2.10 bits per heavy atom. The van der Waals surface area contributed by atoms with Crippen molar-refractivity contribution in [1.82, 2.24) is 10.2 Å². The highest BCUT2D eigenvalue weighted by Crippen LogP contribution is 2.26. The Kier molecular flexibility index (Phi) is 4.73. The van der Waals surface area contributed by atoms with Gasteiger partial charge in [0, 0.05) is 5.56 Å². The molecule has 0 spiro atoms. The molecule has 0 bridgehead atoms. The van der Waals surface area contributed by atoms with Crippen LogP contribution in [0.2, 0.25) is 0 Å². The smallest absolute Gasteiger partial charge is 0.319 e. The van der Waals surface area contributed by atoms with Crippen LogP contribution in [0.3, 0.4) is 0 Å². The third-order valence-corrected chi connectivity index (χ3v) is 3.31. The minimum atomic E-state index is -0.434. The van der Waals surface area contributed by atoms with Crippen LogP contribution in [0.15, 0.2) is 33.9 Å². The van der Waals surface area contributed by atoms with E-state index in [-0.39, 0.29) is 22.9 Å². The van der Waals surface area contributed by atoms with Gasteiger partial charge in [-0.15, -0.1) is 10.2 Å². The van der Waals surface area contributed by atoms with E-state index in [0.717, 1.165) is 11.8 Å². The normalized spacial score (nSPS) is 12.2. The molecule has 106 valence electrons. The van der Waals surface area contributed by atoms with Crippen LogP contribution < -0.4 is 0 Å².